The minimum Gasteiger partial charge on any atom is -0.387 e. The summed E-state index contributed by atoms with van der Waals surface area (Å²) in [6.45, 7) is 6.08. The topological polar surface area (TPSA) is 153 Å². The molecule has 0 aliphatic carbocycles. The van der Waals surface area contributed by atoms with Crippen LogP contribution in [0, 0.1) is 0 Å². The van der Waals surface area contributed by atoms with Gasteiger partial charge in [0.25, 0.3) is 17.7 Å². The highest BCUT2D eigenvalue weighted by atomic mass is 16.5. The Morgan fingerprint density at radius 1 is 0.846 bits per heavy atom. The number of anilines is 2. The van der Waals surface area contributed by atoms with E-state index in [2.05, 4.69) is 25.8 Å². The lowest BCUT2D eigenvalue weighted by Crippen LogP contribution is -2.41. The summed E-state index contributed by atoms with van der Waals surface area (Å²) in [5.41, 5.74) is 8.31. The van der Waals surface area contributed by atoms with Gasteiger partial charge in [-0.1, -0.05) is 0 Å². The van der Waals surface area contributed by atoms with E-state index in [0.717, 1.165) is 19.6 Å². The van der Waals surface area contributed by atoms with Gasteiger partial charge in [-0.15, -0.1) is 0 Å². The molecule has 3 aromatic rings. The van der Waals surface area contributed by atoms with Gasteiger partial charge in [-0.25, -0.2) is 4.99 Å². The lowest BCUT2D eigenvalue weighted by atomic mass is 10.3. The zero-order valence-electron chi connectivity index (χ0n) is 22.7. The maximum absolute atomic E-state index is 13.0. The number of nitrogens with one attached hydrogen (secondary N) is 3. The first kappa shape index (κ1) is 27.7. The number of morpholine rings is 1. The summed E-state index contributed by atoms with van der Waals surface area (Å²) in [6, 6.07) is 4.85. The van der Waals surface area contributed by atoms with Gasteiger partial charge < -0.3 is 40.1 Å². The van der Waals surface area contributed by atoms with Gasteiger partial charge in [0.1, 0.15) is 17.1 Å². The second-order valence-electron chi connectivity index (χ2n) is 9.52. The van der Waals surface area contributed by atoms with Crippen LogP contribution in [0.3, 0.4) is 0 Å². The highest BCUT2D eigenvalue weighted by Crippen LogP contribution is 2.20. The second kappa shape index (κ2) is 12.0. The first-order chi connectivity index (χ1) is 18.6. The van der Waals surface area contributed by atoms with E-state index in [4.69, 9.17) is 10.5 Å². The van der Waals surface area contributed by atoms with Crippen LogP contribution in [0.2, 0.25) is 0 Å². The molecular weight excluding hydrogens is 502 g/mol. The number of rotatable bonds is 9. The molecule has 0 unspecified atom stereocenters. The molecular formula is C26H35N9O4. The van der Waals surface area contributed by atoms with Gasteiger partial charge in [-0.2, -0.15) is 0 Å². The minimum absolute atomic E-state index is 0.216. The third kappa shape index (κ3) is 6.94. The molecule has 4 rings (SSSR count). The average Bonchev–Trinajstić information content (AvgIpc) is 3.55. The third-order valence-corrected chi connectivity index (χ3v) is 6.34. The first-order valence-corrected chi connectivity index (χ1v) is 12.6. The molecule has 39 heavy (non-hydrogen) atoms. The molecule has 0 bridgehead atoms. The molecule has 13 nitrogen and oxygen atoms in total. The van der Waals surface area contributed by atoms with E-state index >= 15 is 0 Å². The molecule has 5 N–H and O–H groups in total. The molecule has 208 valence electrons. The highest BCUT2D eigenvalue weighted by Gasteiger charge is 2.19. The maximum Gasteiger partial charge on any atom is 0.272 e. The monoisotopic (exact) mass is 537 g/mol. The molecule has 0 radical (unpaired) electrons. The van der Waals surface area contributed by atoms with Crippen LogP contribution in [-0.2, 0) is 25.9 Å². The van der Waals surface area contributed by atoms with Gasteiger partial charge >= 0.3 is 0 Å². The Kier molecular flexibility index (Phi) is 8.52. The Hall–Kier alpha value is -4.36. The number of carbonyl (C=O) groups excluding carboxylic acids is 3. The Bertz CT molecular complexity index is 1390. The Balaban J connectivity index is 1.35. The number of aliphatic imine (C=N–C) groups is 1. The molecule has 3 aromatic heterocycles. The number of aromatic nitrogens is 3. The van der Waals surface area contributed by atoms with Crippen LogP contribution in [0.1, 0.15) is 38.4 Å². The van der Waals surface area contributed by atoms with Gasteiger partial charge in [-0.05, 0) is 25.1 Å². The molecule has 0 atom stereocenters. The molecule has 1 fully saturated rings. The van der Waals surface area contributed by atoms with Crippen LogP contribution >= 0.6 is 0 Å². The van der Waals surface area contributed by atoms with Crippen LogP contribution in [0.25, 0.3) is 0 Å². The molecule has 0 saturated carbocycles. The van der Waals surface area contributed by atoms with Crippen molar-refractivity contribution in [1.29, 1.82) is 0 Å². The number of ether oxygens (including phenoxy) is 1. The van der Waals surface area contributed by atoms with Crippen molar-refractivity contribution < 1.29 is 19.1 Å². The third-order valence-electron chi connectivity index (χ3n) is 6.34. The van der Waals surface area contributed by atoms with Crippen LogP contribution in [0.15, 0.2) is 41.8 Å². The molecule has 1 saturated heterocycles. The molecule has 13 heteroatoms. The van der Waals surface area contributed by atoms with Gasteiger partial charge in [0.15, 0.2) is 0 Å². The van der Waals surface area contributed by atoms with Gasteiger partial charge in [0.2, 0.25) is 0 Å². The van der Waals surface area contributed by atoms with Gasteiger partial charge in [0, 0.05) is 65.9 Å². The number of aryl methyl sites for hydroxylation is 3. The molecule has 1 aliphatic heterocycles. The van der Waals surface area contributed by atoms with Crippen LogP contribution in [-0.4, -0.2) is 81.6 Å². The fourth-order valence-electron chi connectivity index (χ4n) is 4.39. The van der Waals surface area contributed by atoms with E-state index < -0.39 is 0 Å². The number of hydrogen-bond acceptors (Lipinski definition) is 6. The fraction of sp³-hybridized carbons (Fsp3) is 0.385. The summed E-state index contributed by atoms with van der Waals surface area (Å²) in [5.74, 6) is -0.553. The standard InChI is InChI=1S/C26H35N9O4/c1-17(27)29-18-11-22(33(3)14-18)25(37)31-20-13-23(34(4)16-20)26(38)30-19-12-21(32(2)15-19)24(36)28-5-6-35-7-9-39-10-8-35/h11-16H,5-10H2,1-4H3,(H2,27,29)(H,28,36)(H,30,38)(H,31,37). The summed E-state index contributed by atoms with van der Waals surface area (Å²) < 4.78 is 10.3. The summed E-state index contributed by atoms with van der Waals surface area (Å²) >= 11 is 0. The summed E-state index contributed by atoms with van der Waals surface area (Å²) in [7, 11) is 5.20. The molecule has 0 aromatic carbocycles. The zero-order valence-corrected chi connectivity index (χ0v) is 22.7. The lowest BCUT2D eigenvalue weighted by Gasteiger charge is -2.26. The predicted molar refractivity (Wildman–Crippen MR) is 149 cm³/mol. The van der Waals surface area contributed by atoms with E-state index in [1.165, 1.54) is 0 Å². The zero-order chi connectivity index (χ0) is 28.1. The van der Waals surface area contributed by atoms with Gasteiger partial charge in [-0.3, -0.25) is 19.3 Å². The summed E-state index contributed by atoms with van der Waals surface area (Å²) in [5, 5.41) is 8.56. The van der Waals surface area contributed by atoms with Crippen molar-refractivity contribution in [2.24, 2.45) is 31.9 Å². The van der Waals surface area contributed by atoms with Crippen molar-refractivity contribution in [3.05, 3.63) is 53.9 Å². The normalized spacial score (nSPS) is 14.3. The number of nitrogens with two attached hydrogens (primary N) is 1. The van der Waals surface area contributed by atoms with Crippen molar-refractivity contribution in [3.8, 4) is 0 Å². The number of hydrogen-bond donors (Lipinski definition) is 4. The molecule has 3 amide bonds. The Morgan fingerprint density at radius 2 is 1.36 bits per heavy atom. The van der Waals surface area contributed by atoms with Crippen LogP contribution in [0.4, 0.5) is 17.1 Å². The number of nitrogens with zero attached hydrogens (tertiary/aromatic N) is 5. The highest BCUT2D eigenvalue weighted by molar-refractivity contribution is 6.07. The van der Waals surface area contributed by atoms with Crippen molar-refractivity contribution in [2.75, 3.05) is 50.0 Å². The number of carbonyl (C=O) groups is 3. The van der Waals surface area contributed by atoms with Crippen molar-refractivity contribution >= 4 is 40.6 Å². The minimum atomic E-state index is -0.378. The SMILES string of the molecule is CC(N)=Nc1cc(C(=O)Nc2cc(C(=O)Nc3cc(C(=O)NCCN4CCOCC4)n(C)c3)n(C)c2)n(C)c1. The van der Waals surface area contributed by atoms with Crippen molar-refractivity contribution in [2.45, 2.75) is 6.92 Å². The van der Waals surface area contributed by atoms with Crippen molar-refractivity contribution in [1.82, 2.24) is 23.9 Å². The second-order valence-corrected chi connectivity index (χ2v) is 9.52. The van der Waals surface area contributed by atoms with Crippen molar-refractivity contribution in [3.63, 3.8) is 0 Å². The molecule has 1 aliphatic rings. The van der Waals surface area contributed by atoms with Gasteiger partial charge in [0.05, 0.1) is 36.1 Å². The van der Waals surface area contributed by atoms with E-state index in [1.54, 1.807) is 78.6 Å². The summed E-state index contributed by atoms with van der Waals surface area (Å²) in [6.07, 6.45) is 5.03. The maximum atomic E-state index is 13.0. The Morgan fingerprint density at radius 3 is 1.92 bits per heavy atom. The predicted octanol–water partition coefficient (Wildman–Crippen LogP) is 1.28. The largest absolute Gasteiger partial charge is 0.387 e. The number of amidine groups is 1. The van der Waals surface area contributed by atoms with E-state index in [-0.39, 0.29) is 17.7 Å². The Labute approximate surface area is 226 Å². The number of amides is 3. The van der Waals surface area contributed by atoms with E-state index in [0.29, 0.717) is 59.7 Å². The van der Waals surface area contributed by atoms with Crippen LogP contribution in [0.5, 0.6) is 0 Å². The average molecular weight is 538 g/mol. The molecule has 4 heterocycles. The quantitative estimate of drug-likeness (QED) is 0.238. The van der Waals surface area contributed by atoms with E-state index in [9.17, 15) is 14.4 Å². The summed E-state index contributed by atoms with van der Waals surface area (Å²) in [4.78, 5) is 44.9. The van der Waals surface area contributed by atoms with Crippen LogP contribution < -0.4 is 21.7 Å². The van der Waals surface area contributed by atoms with E-state index in [1.807, 2.05) is 0 Å². The smallest absolute Gasteiger partial charge is 0.272 e. The molecule has 0 spiro atoms. The lowest BCUT2D eigenvalue weighted by molar-refractivity contribution is 0.0383. The first-order valence-electron chi connectivity index (χ1n) is 12.6. The fourth-order valence-corrected chi connectivity index (χ4v) is 4.39.